The van der Waals surface area contributed by atoms with Crippen LogP contribution in [0.1, 0.15) is 40.6 Å². The number of aryl methyl sites for hydroxylation is 1. The van der Waals surface area contributed by atoms with Crippen LogP contribution in [0.2, 0.25) is 0 Å². The Hall–Kier alpha value is -2.46. The van der Waals surface area contributed by atoms with E-state index in [1.165, 1.54) is 11.1 Å². The Morgan fingerprint density at radius 3 is 2.15 bits per heavy atom. The van der Waals surface area contributed by atoms with Crippen molar-refractivity contribution in [3.8, 4) is 5.75 Å². The van der Waals surface area contributed by atoms with E-state index >= 15 is 0 Å². The summed E-state index contributed by atoms with van der Waals surface area (Å²) in [6.07, 6.45) is 0.570. The predicted molar refractivity (Wildman–Crippen MR) is 108 cm³/mol. The normalized spacial score (nSPS) is 13.2. The maximum atomic E-state index is 11.6. The maximum Gasteiger partial charge on any atom is 0.118 e. The fourth-order valence-corrected chi connectivity index (χ4v) is 3.54. The monoisotopic (exact) mass is 409 g/mol. The van der Waals surface area contributed by atoms with Gasteiger partial charge in [0.25, 0.3) is 0 Å². The van der Waals surface area contributed by atoms with Gasteiger partial charge in [-0.05, 0) is 59.9 Å². The number of benzene rings is 3. The van der Waals surface area contributed by atoms with E-state index in [1.807, 2.05) is 24.3 Å². The lowest BCUT2D eigenvalue weighted by atomic mass is 9.82. The van der Waals surface area contributed by atoms with Crippen LogP contribution < -0.4 is 0 Å². The Morgan fingerprint density at radius 2 is 1.54 bits per heavy atom. The van der Waals surface area contributed by atoms with Gasteiger partial charge in [-0.3, -0.25) is 0 Å². The first-order chi connectivity index (χ1) is 12.6. The third-order valence-corrected chi connectivity index (χ3v) is 5.23. The molecule has 1 N–H and O–H groups in total. The molecule has 0 aliphatic heterocycles. The number of hydrogen-bond acceptors (Lipinski definition) is 3. The number of rotatable bonds is 6. The lowest BCUT2D eigenvalue weighted by Gasteiger charge is -2.23. The zero-order valence-electron chi connectivity index (χ0n) is 14.5. The molecule has 0 fully saturated rings. The van der Waals surface area contributed by atoms with Crippen molar-refractivity contribution in [2.24, 2.45) is 5.18 Å². The van der Waals surface area contributed by atoms with Crippen LogP contribution in [0.15, 0.2) is 82.4 Å². The van der Waals surface area contributed by atoms with Crippen LogP contribution in [0, 0.1) is 11.8 Å². The zero-order valence-corrected chi connectivity index (χ0v) is 16.1. The molecule has 0 saturated heterocycles. The molecule has 0 aliphatic rings. The molecule has 0 heterocycles. The summed E-state index contributed by atoms with van der Waals surface area (Å²) in [5.41, 5.74) is 4.35. The summed E-state index contributed by atoms with van der Waals surface area (Å²) in [4.78, 5) is 11.6. The molecule has 132 valence electrons. The standard InChI is InChI=1S/C22H20BrNO2/c1-15-4-2-3-5-20(15)21(16-6-10-18(23)11-7-16)14-22(24-26)17-8-12-19(25)13-9-17/h2-13,21-22,25H,14H2,1H3. The molecule has 2 atom stereocenters. The minimum atomic E-state index is -0.483. The highest BCUT2D eigenvalue weighted by molar-refractivity contribution is 9.10. The summed E-state index contributed by atoms with van der Waals surface area (Å²) in [5.74, 6) is 0.238. The van der Waals surface area contributed by atoms with Gasteiger partial charge in [-0.1, -0.05) is 69.6 Å². The fraction of sp³-hybridized carbons (Fsp3) is 0.182. The molecule has 0 saturated carbocycles. The van der Waals surface area contributed by atoms with Crippen LogP contribution in [0.5, 0.6) is 5.75 Å². The van der Waals surface area contributed by atoms with E-state index < -0.39 is 6.04 Å². The van der Waals surface area contributed by atoms with Crippen LogP contribution in [0.25, 0.3) is 0 Å². The summed E-state index contributed by atoms with van der Waals surface area (Å²) >= 11 is 3.48. The molecule has 2 unspecified atom stereocenters. The van der Waals surface area contributed by atoms with Gasteiger partial charge < -0.3 is 5.11 Å². The highest BCUT2D eigenvalue weighted by atomic mass is 79.9. The van der Waals surface area contributed by atoms with Crippen LogP contribution in [0.4, 0.5) is 0 Å². The molecule has 0 radical (unpaired) electrons. The van der Waals surface area contributed by atoms with E-state index in [9.17, 15) is 10.0 Å². The average molecular weight is 410 g/mol. The third-order valence-electron chi connectivity index (χ3n) is 4.70. The van der Waals surface area contributed by atoms with E-state index in [4.69, 9.17) is 0 Å². The first-order valence-corrected chi connectivity index (χ1v) is 9.30. The minimum Gasteiger partial charge on any atom is -0.508 e. The molecule has 3 aromatic rings. The summed E-state index contributed by atoms with van der Waals surface area (Å²) in [5, 5.41) is 12.9. The fourth-order valence-electron chi connectivity index (χ4n) is 3.28. The third kappa shape index (κ3) is 4.20. The number of hydrogen-bond donors (Lipinski definition) is 1. The second-order valence-electron chi connectivity index (χ2n) is 6.41. The van der Waals surface area contributed by atoms with E-state index in [0.717, 1.165) is 15.6 Å². The highest BCUT2D eigenvalue weighted by Crippen LogP contribution is 2.37. The van der Waals surface area contributed by atoms with Gasteiger partial charge in [0.05, 0.1) is 0 Å². The van der Waals surface area contributed by atoms with Gasteiger partial charge in [0.2, 0.25) is 0 Å². The van der Waals surface area contributed by atoms with Gasteiger partial charge in [0, 0.05) is 10.4 Å². The van der Waals surface area contributed by atoms with Crippen molar-refractivity contribution in [3.63, 3.8) is 0 Å². The first-order valence-electron chi connectivity index (χ1n) is 8.51. The largest absolute Gasteiger partial charge is 0.508 e. The average Bonchev–Trinajstić information content (AvgIpc) is 2.66. The predicted octanol–water partition coefficient (Wildman–Crippen LogP) is 6.49. The molecule has 0 bridgehead atoms. The number of phenolic OH excluding ortho intramolecular Hbond substituents is 1. The highest BCUT2D eigenvalue weighted by Gasteiger charge is 2.23. The Balaban J connectivity index is 1.99. The van der Waals surface area contributed by atoms with Crippen molar-refractivity contribution < 1.29 is 5.11 Å². The Kier molecular flexibility index (Phi) is 5.84. The van der Waals surface area contributed by atoms with Crippen LogP contribution in [-0.2, 0) is 0 Å². The summed E-state index contributed by atoms with van der Waals surface area (Å²) in [7, 11) is 0. The van der Waals surface area contributed by atoms with E-state index in [-0.39, 0.29) is 11.7 Å². The smallest absolute Gasteiger partial charge is 0.118 e. The van der Waals surface area contributed by atoms with E-state index in [0.29, 0.717) is 6.42 Å². The first kappa shape index (κ1) is 18.3. The molecular weight excluding hydrogens is 390 g/mol. The molecule has 3 rings (SSSR count). The SMILES string of the molecule is Cc1ccccc1C(CC(N=O)c1ccc(O)cc1)c1ccc(Br)cc1. The van der Waals surface area contributed by atoms with Crippen LogP contribution in [-0.4, -0.2) is 5.11 Å². The quantitative estimate of drug-likeness (QED) is 0.472. The number of halogens is 1. The van der Waals surface area contributed by atoms with Gasteiger partial charge in [0.1, 0.15) is 11.8 Å². The van der Waals surface area contributed by atoms with Crippen molar-refractivity contribution in [1.82, 2.24) is 0 Å². The molecule has 0 spiro atoms. The molecule has 26 heavy (non-hydrogen) atoms. The van der Waals surface area contributed by atoms with Gasteiger partial charge in [0.15, 0.2) is 0 Å². The Labute approximate surface area is 161 Å². The summed E-state index contributed by atoms with van der Waals surface area (Å²) in [6, 6.07) is 22.7. The molecule has 3 nitrogen and oxygen atoms in total. The second-order valence-corrected chi connectivity index (χ2v) is 7.32. The van der Waals surface area contributed by atoms with Crippen LogP contribution in [0.3, 0.4) is 0 Å². The minimum absolute atomic E-state index is 0.0563. The van der Waals surface area contributed by atoms with Crippen molar-refractivity contribution in [3.05, 3.63) is 104 Å². The Morgan fingerprint density at radius 1 is 0.923 bits per heavy atom. The van der Waals surface area contributed by atoms with Crippen LogP contribution >= 0.6 is 15.9 Å². The van der Waals surface area contributed by atoms with Crippen molar-refractivity contribution in [2.75, 3.05) is 0 Å². The number of aromatic hydroxyl groups is 1. The lowest BCUT2D eigenvalue weighted by molar-refractivity contribution is 0.474. The number of phenols is 1. The molecule has 0 aliphatic carbocycles. The summed E-state index contributed by atoms with van der Waals surface area (Å²) in [6.45, 7) is 2.09. The lowest BCUT2D eigenvalue weighted by Crippen LogP contribution is -2.08. The van der Waals surface area contributed by atoms with Gasteiger partial charge >= 0.3 is 0 Å². The molecular formula is C22H20BrNO2. The van der Waals surface area contributed by atoms with E-state index in [2.05, 4.69) is 52.3 Å². The van der Waals surface area contributed by atoms with Gasteiger partial charge in [-0.2, -0.15) is 4.91 Å². The molecule has 0 amide bonds. The molecule has 0 aromatic heterocycles. The van der Waals surface area contributed by atoms with Gasteiger partial charge in [-0.15, -0.1) is 0 Å². The summed E-state index contributed by atoms with van der Waals surface area (Å²) < 4.78 is 1.02. The Bertz CT molecular complexity index is 875. The van der Waals surface area contributed by atoms with E-state index in [1.54, 1.807) is 24.3 Å². The van der Waals surface area contributed by atoms with Crippen molar-refractivity contribution in [2.45, 2.75) is 25.3 Å². The number of nitrogens with zero attached hydrogens (tertiary/aromatic N) is 1. The van der Waals surface area contributed by atoms with Crippen molar-refractivity contribution in [1.29, 1.82) is 0 Å². The van der Waals surface area contributed by atoms with Gasteiger partial charge in [-0.25, -0.2) is 0 Å². The number of nitroso groups, excluding NO2 is 1. The zero-order chi connectivity index (χ0) is 18.5. The molecule has 3 aromatic carbocycles. The second kappa shape index (κ2) is 8.28. The van der Waals surface area contributed by atoms with Crippen molar-refractivity contribution >= 4 is 15.9 Å². The maximum absolute atomic E-state index is 11.6. The molecule has 4 heteroatoms. The topological polar surface area (TPSA) is 49.7 Å².